The van der Waals surface area contributed by atoms with Crippen LogP contribution in [0.25, 0.3) is 0 Å². The van der Waals surface area contributed by atoms with Gasteiger partial charge in [-0.25, -0.2) is 0 Å². The van der Waals surface area contributed by atoms with Crippen molar-refractivity contribution in [2.75, 3.05) is 26.2 Å². The van der Waals surface area contributed by atoms with Crippen molar-refractivity contribution in [2.24, 2.45) is 11.3 Å². The minimum atomic E-state index is 0.564. The summed E-state index contributed by atoms with van der Waals surface area (Å²) in [6, 6.07) is 0.864. The maximum Gasteiger partial charge on any atom is 0.0146 e. The van der Waals surface area contributed by atoms with E-state index in [0.29, 0.717) is 5.41 Å². The summed E-state index contributed by atoms with van der Waals surface area (Å²) in [7, 11) is 0. The molecule has 100 valence electrons. The molecule has 0 amide bonds. The molecule has 0 radical (unpaired) electrons. The highest BCUT2D eigenvalue weighted by Gasteiger charge is 2.39. The van der Waals surface area contributed by atoms with Gasteiger partial charge in [-0.3, -0.25) is 4.90 Å². The van der Waals surface area contributed by atoms with E-state index in [9.17, 15) is 0 Å². The second kappa shape index (κ2) is 5.71. The fraction of sp³-hybridized carbons (Fsp3) is 1.00. The lowest BCUT2D eigenvalue weighted by molar-refractivity contribution is 0.0749. The molecule has 0 aromatic carbocycles. The molecule has 2 nitrogen and oxygen atoms in total. The van der Waals surface area contributed by atoms with E-state index < -0.39 is 0 Å². The van der Waals surface area contributed by atoms with Crippen molar-refractivity contribution in [3.8, 4) is 0 Å². The molecule has 2 aliphatic rings. The predicted octanol–water partition coefficient (Wildman–Crippen LogP) is 2.89. The van der Waals surface area contributed by atoms with Crippen LogP contribution in [0.3, 0.4) is 0 Å². The number of likely N-dealkylation sites (tertiary alicyclic amines) is 1. The maximum atomic E-state index is 3.50. The number of hydrogen-bond acceptors (Lipinski definition) is 2. The fourth-order valence-corrected chi connectivity index (χ4v) is 3.80. The lowest BCUT2D eigenvalue weighted by atomic mass is 9.84. The van der Waals surface area contributed by atoms with E-state index in [0.717, 1.165) is 18.5 Å². The molecule has 0 bridgehead atoms. The minimum absolute atomic E-state index is 0.564. The molecule has 1 aliphatic heterocycles. The average Bonchev–Trinajstić information content (AvgIpc) is 2.67. The van der Waals surface area contributed by atoms with Gasteiger partial charge in [0.1, 0.15) is 0 Å². The normalized spacial score (nSPS) is 30.9. The molecule has 1 atom stereocenters. The topological polar surface area (TPSA) is 15.3 Å². The number of nitrogens with one attached hydrogen (secondary N) is 1. The second-order valence-electron chi connectivity index (χ2n) is 6.68. The van der Waals surface area contributed by atoms with Crippen LogP contribution in [0.5, 0.6) is 0 Å². The Labute approximate surface area is 107 Å². The van der Waals surface area contributed by atoms with Crippen molar-refractivity contribution in [3.63, 3.8) is 0 Å². The zero-order chi connectivity index (χ0) is 12.3. The van der Waals surface area contributed by atoms with Gasteiger partial charge in [-0.1, -0.05) is 27.2 Å². The fourth-order valence-electron chi connectivity index (χ4n) is 3.80. The van der Waals surface area contributed by atoms with Crippen molar-refractivity contribution in [3.05, 3.63) is 0 Å². The van der Waals surface area contributed by atoms with Crippen molar-refractivity contribution in [1.29, 1.82) is 0 Å². The van der Waals surface area contributed by atoms with Gasteiger partial charge >= 0.3 is 0 Å². The summed E-state index contributed by atoms with van der Waals surface area (Å²) in [6.45, 7) is 12.2. The molecule has 1 saturated heterocycles. The molecule has 1 unspecified atom stereocenters. The van der Waals surface area contributed by atoms with Crippen molar-refractivity contribution in [1.82, 2.24) is 10.2 Å². The van der Waals surface area contributed by atoms with Crippen LogP contribution in [0.1, 0.15) is 52.9 Å². The van der Waals surface area contributed by atoms with Gasteiger partial charge in [-0.15, -0.1) is 0 Å². The van der Waals surface area contributed by atoms with Crippen molar-refractivity contribution >= 4 is 0 Å². The third kappa shape index (κ3) is 3.23. The highest BCUT2D eigenvalue weighted by atomic mass is 15.2. The van der Waals surface area contributed by atoms with Crippen LogP contribution < -0.4 is 5.32 Å². The van der Waals surface area contributed by atoms with Gasteiger partial charge in [0.2, 0.25) is 0 Å². The molecule has 2 rings (SSSR count). The van der Waals surface area contributed by atoms with Crippen molar-refractivity contribution < 1.29 is 0 Å². The summed E-state index contributed by atoms with van der Waals surface area (Å²) in [4.78, 5) is 2.79. The van der Waals surface area contributed by atoms with Gasteiger partial charge in [0, 0.05) is 6.04 Å². The van der Waals surface area contributed by atoms with Crippen LogP contribution in [0.2, 0.25) is 0 Å². The Hall–Kier alpha value is -0.0800. The number of hydrogen-bond donors (Lipinski definition) is 1. The van der Waals surface area contributed by atoms with Gasteiger partial charge in [-0.05, 0) is 63.2 Å². The molecule has 0 aromatic rings. The SMILES string of the molecule is CCNCC1CCN(C2CCCC2(C)C)CC1. The molecule has 1 N–H and O–H groups in total. The molecule has 1 aliphatic carbocycles. The van der Waals surface area contributed by atoms with Crippen LogP contribution in [0, 0.1) is 11.3 Å². The minimum Gasteiger partial charge on any atom is -0.317 e. The molecule has 1 saturated carbocycles. The first kappa shape index (κ1) is 13.4. The largest absolute Gasteiger partial charge is 0.317 e. The first-order valence-corrected chi connectivity index (χ1v) is 7.58. The lowest BCUT2D eigenvalue weighted by Crippen LogP contribution is -2.47. The summed E-state index contributed by atoms with van der Waals surface area (Å²) in [5, 5.41) is 3.50. The average molecular weight is 238 g/mol. The molecule has 2 heteroatoms. The lowest BCUT2D eigenvalue weighted by Gasteiger charge is -2.41. The van der Waals surface area contributed by atoms with E-state index in [2.05, 4.69) is 31.0 Å². The third-order valence-corrected chi connectivity index (χ3v) is 4.97. The zero-order valence-electron chi connectivity index (χ0n) is 12.0. The quantitative estimate of drug-likeness (QED) is 0.810. The molecule has 2 fully saturated rings. The van der Waals surface area contributed by atoms with E-state index in [-0.39, 0.29) is 0 Å². The first-order valence-electron chi connectivity index (χ1n) is 7.58. The van der Waals surface area contributed by atoms with Gasteiger partial charge in [0.05, 0.1) is 0 Å². The van der Waals surface area contributed by atoms with Gasteiger partial charge in [0.15, 0.2) is 0 Å². The Kier molecular flexibility index (Phi) is 4.48. The van der Waals surface area contributed by atoms with Crippen LogP contribution in [-0.4, -0.2) is 37.1 Å². The summed E-state index contributed by atoms with van der Waals surface area (Å²) < 4.78 is 0. The van der Waals surface area contributed by atoms with Crippen LogP contribution in [0.15, 0.2) is 0 Å². The standard InChI is InChI=1S/C15H30N2/c1-4-16-12-13-7-10-17(11-8-13)14-6-5-9-15(14,2)3/h13-14,16H,4-12H2,1-3H3. The molecular formula is C15H30N2. The summed E-state index contributed by atoms with van der Waals surface area (Å²) >= 11 is 0. The van der Waals surface area contributed by atoms with Crippen LogP contribution in [0.4, 0.5) is 0 Å². The maximum absolute atomic E-state index is 3.50. The Bertz CT molecular complexity index is 229. The van der Waals surface area contributed by atoms with E-state index in [4.69, 9.17) is 0 Å². The summed E-state index contributed by atoms with van der Waals surface area (Å²) in [6.07, 6.45) is 7.11. The summed E-state index contributed by atoms with van der Waals surface area (Å²) in [5.41, 5.74) is 0.564. The smallest absolute Gasteiger partial charge is 0.0146 e. The first-order chi connectivity index (χ1) is 8.13. The Morgan fingerprint density at radius 1 is 1.18 bits per heavy atom. The van der Waals surface area contributed by atoms with Gasteiger partial charge in [0.25, 0.3) is 0 Å². The molecular weight excluding hydrogens is 208 g/mol. The van der Waals surface area contributed by atoms with Crippen molar-refractivity contribution in [2.45, 2.75) is 58.9 Å². The van der Waals surface area contributed by atoms with Gasteiger partial charge < -0.3 is 5.32 Å². The second-order valence-corrected chi connectivity index (χ2v) is 6.68. The molecule has 1 heterocycles. The van der Waals surface area contributed by atoms with E-state index in [1.165, 1.54) is 51.7 Å². The highest BCUT2D eigenvalue weighted by Crippen LogP contribution is 2.41. The Morgan fingerprint density at radius 2 is 1.88 bits per heavy atom. The number of rotatable bonds is 4. The summed E-state index contributed by atoms with van der Waals surface area (Å²) in [5.74, 6) is 0.927. The molecule has 0 spiro atoms. The Balaban J connectivity index is 1.79. The van der Waals surface area contributed by atoms with Gasteiger partial charge in [-0.2, -0.15) is 0 Å². The zero-order valence-corrected chi connectivity index (χ0v) is 12.0. The van der Waals surface area contributed by atoms with E-state index in [1.54, 1.807) is 0 Å². The Morgan fingerprint density at radius 3 is 2.41 bits per heavy atom. The third-order valence-electron chi connectivity index (χ3n) is 4.97. The highest BCUT2D eigenvalue weighted by molar-refractivity contribution is 4.93. The number of nitrogens with zero attached hydrogens (tertiary/aromatic N) is 1. The molecule has 17 heavy (non-hydrogen) atoms. The number of piperidine rings is 1. The van der Waals surface area contributed by atoms with Crippen LogP contribution in [-0.2, 0) is 0 Å². The van der Waals surface area contributed by atoms with E-state index in [1.807, 2.05) is 0 Å². The van der Waals surface area contributed by atoms with E-state index >= 15 is 0 Å². The monoisotopic (exact) mass is 238 g/mol. The van der Waals surface area contributed by atoms with Crippen LogP contribution >= 0.6 is 0 Å². The predicted molar refractivity (Wildman–Crippen MR) is 74.3 cm³/mol. The molecule has 0 aromatic heterocycles.